The standard InChI is InChI=1S/C45H32N2/c1-2-43-46-40-23-13-14-24-42(40)47(43)41-28-27-33(34-19-9-10-20-35(34)41)32-25-26-38-39(29-32)45(31-17-7-4-8-18-31)37-22-12-11-21-36(37)44(38)30-15-5-3-6-16-30/h3-29H,2H2,1H3/i3D,4D,5D,6D,7D,8D,15D,16D,17D,18D. The molecular weight excluding hydrogens is 569 g/mol. The van der Waals surface area contributed by atoms with Gasteiger partial charge in [-0.1, -0.05) is 146 Å². The van der Waals surface area contributed by atoms with Gasteiger partial charge in [0.1, 0.15) is 5.82 Å². The van der Waals surface area contributed by atoms with Crippen molar-refractivity contribution in [2.24, 2.45) is 0 Å². The Balaban J connectivity index is 1.42. The van der Waals surface area contributed by atoms with Crippen molar-refractivity contribution in [3.05, 3.63) is 169 Å². The first-order valence-electron chi connectivity index (χ1n) is 20.6. The molecule has 9 aromatic rings. The summed E-state index contributed by atoms with van der Waals surface area (Å²) in [6.45, 7) is 2.08. The van der Waals surface area contributed by atoms with Gasteiger partial charge in [-0.25, -0.2) is 4.98 Å². The third-order valence-corrected chi connectivity index (χ3v) is 8.92. The van der Waals surface area contributed by atoms with E-state index in [2.05, 4.69) is 41.8 Å². The zero-order chi connectivity index (χ0) is 40.0. The molecule has 0 unspecified atom stereocenters. The maximum Gasteiger partial charge on any atom is 0.114 e. The Kier molecular flexibility index (Phi) is 4.46. The molecule has 1 aromatic heterocycles. The molecule has 0 saturated heterocycles. The van der Waals surface area contributed by atoms with E-state index in [1.54, 1.807) is 24.3 Å². The van der Waals surface area contributed by atoms with Gasteiger partial charge in [-0.05, 0) is 84.6 Å². The molecule has 2 heteroatoms. The monoisotopic (exact) mass is 610 g/mol. The van der Waals surface area contributed by atoms with Gasteiger partial charge in [0, 0.05) is 11.8 Å². The van der Waals surface area contributed by atoms with E-state index in [1.807, 2.05) is 48.5 Å². The number of hydrogen-bond acceptors (Lipinski definition) is 1. The molecule has 9 rings (SSSR count). The second kappa shape index (κ2) is 11.1. The van der Waals surface area contributed by atoms with Crippen LogP contribution in [0.15, 0.2) is 164 Å². The summed E-state index contributed by atoms with van der Waals surface area (Å²) < 4.78 is 89.3. The van der Waals surface area contributed by atoms with Gasteiger partial charge in [-0.2, -0.15) is 0 Å². The average molecular weight is 611 g/mol. The van der Waals surface area contributed by atoms with Crippen LogP contribution in [0.5, 0.6) is 0 Å². The van der Waals surface area contributed by atoms with Crippen molar-refractivity contribution < 1.29 is 13.7 Å². The van der Waals surface area contributed by atoms with Crippen LogP contribution in [0.3, 0.4) is 0 Å². The largest absolute Gasteiger partial charge is 0.296 e. The van der Waals surface area contributed by atoms with Crippen LogP contribution in [-0.4, -0.2) is 9.55 Å². The van der Waals surface area contributed by atoms with Gasteiger partial charge >= 0.3 is 0 Å². The molecule has 0 radical (unpaired) electrons. The van der Waals surface area contributed by atoms with E-state index in [0.717, 1.165) is 50.9 Å². The number of imidazole rings is 1. The summed E-state index contributed by atoms with van der Waals surface area (Å²) in [6.07, 6.45) is 0.722. The summed E-state index contributed by atoms with van der Waals surface area (Å²) in [5.41, 5.74) is 5.30. The van der Waals surface area contributed by atoms with Crippen molar-refractivity contribution >= 4 is 43.4 Å². The highest BCUT2D eigenvalue weighted by Crippen LogP contribution is 2.45. The summed E-state index contributed by atoms with van der Waals surface area (Å²) in [5.74, 6) is 0.926. The van der Waals surface area contributed by atoms with Crippen LogP contribution in [0, 0.1) is 0 Å². The number of rotatable bonds is 5. The van der Waals surface area contributed by atoms with Gasteiger partial charge in [-0.15, -0.1) is 0 Å². The quantitative estimate of drug-likeness (QED) is 0.177. The maximum absolute atomic E-state index is 9.09. The van der Waals surface area contributed by atoms with Crippen LogP contribution < -0.4 is 0 Å². The Morgan fingerprint density at radius 1 is 0.532 bits per heavy atom. The Hall–Kier alpha value is -5.99. The third-order valence-electron chi connectivity index (χ3n) is 8.92. The Bertz CT molecular complexity index is 3130. The third kappa shape index (κ3) is 4.37. The minimum Gasteiger partial charge on any atom is -0.296 e. The predicted molar refractivity (Wildman–Crippen MR) is 199 cm³/mol. The van der Waals surface area contributed by atoms with Crippen molar-refractivity contribution in [3.63, 3.8) is 0 Å². The minimum atomic E-state index is -0.512. The van der Waals surface area contributed by atoms with Crippen molar-refractivity contribution in [2.75, 3.05) is 0 Å². The Morgan fingerprint density at radius 2 is 1.11 bits per heavy atom. The molecule has 47 heavy (non-hydrogen) atoms. The number of para-hydroxylation sites is 2. The normalized spacial score (nSPS) is 14.6. The Morgan fingerprint density at radius 3 is 1.79 bits per heavy atom. The van der Waals surface area contributed by atoms with E-state index in [-0.39, 0.29) is 35.3 Å². The van der Waals surface area contributed by atoms with Crippen molar-refractivity contribution in [3.8, 4) is 39.1 Å². The SMILES string of the molecule is [2H]c1c([2H])c([2H])c(-c2c3ccccc3c(-c3c([2H])c([2H])c([2H])c([2H])c3[2H])c3cc(-c4ccc(-n5c(CC)nc6ccccc65)c5ccccc45)ccc23)c([2H])c1[2H]. The highest BCUT2D eigenvalue weighted by atomic mass is 15.1. The van der Waals surface area contributed by atoms with Crippen LogP contribution in [0.4, 0.5) is 0 Å². The molecule has 8 aromatic carbocycles. The van der Waals surface area contributed by atoms with E-state index in [4.69, 9.17) is 18.7 Å². The number of hydrogen-bond donors (Lipinski definition) is 0. The van der Waals surface area contributed by atoms with E-state index >= 15 is 0 Å². The molecule has 0 saturated carbocycles. The number of nitrogens with zero attached hydrogens (tertiary/aromatic N) is 2. The summed E-state index contributed by atoms with van der Waals surface area (Å²) >= 11 is 0. The average Bonchev–Trinajstić information content (AvgIpc) is 3.62. The van der Waals surface area contributed by atoms with Crippen LogP contribution in [0.1, 0.15) is 26.5 Å². The lowest BCUT2D eigenvalue weighted by Crippen LogP contribution is -2.01. The molecule has 0 N–H and O–H groups in total. The lowest BCUT2D eigenvalue weighted by Gasteiger charge is -2.19. The van der Waals surface area contributed by atoms with Crippen molar-refractivity contribution in [2.45, 2.75) is 13.3 Å². The molecule has 0 aliphatic heterocycles. The fourth-order valence-electron chi connectivity index (χ4n) is 6.95. The summed E-state index contributed by atoms with van der Waals surface area (Å²) in [5, 5.41) is 3.93. The molecule has 0 fully saturated rings. The molecule has 1 heterocycles. The van der Waals surface area contributed by atoms with Crippen LogP contribution in [0.2, 0.25) is 0 Å². The zero-order valence-corrected chi connectivity index (χ0v) is 25.4. The fraction of sp³-hybridized carbons (Fsp3) is 0.0444. The van der Waals surface area contributed by atoms with Gasteiger partial charge < -0.3 is 0 Å². The van der Waals surface area contributed by atoms with Crippen molar-refractivity contribution in [1.82, 2.24) is 9.55 Å². The van der Waals surface area contributed by atoms with Crippen LogP contribution in [-0.2, 0) is 6.42 Å². The topological polar surface area (TPSA) is 17.8 Å². The second-order valence-corrected chi connectivity index (χ2v) is 11.4. The molecular formula is C45H32N2. The summed E-state index contributed by atoms with van der Waals surface area (Å²) in [6, 6.07) is 28.6. The predicted octanol–water partition coefficient (Wildman–Crippen LogP) is 12.0. The van der Waals surface area contributed by atoms with E-state index in [9.17, 15) is 0 Å². The lowest BCUT2D eigenvalue weighted by molar-refractivity contribution is 0.913. The van der Waals surface area contributed by atoms with Crippen molar-refractivity contribution in [1.29, 1.82) is 0 Å². The molecule has 2 nitrogen and oxygen atoms in total. The van der Waals surface area contributed by atoms with E-state index < -0.39 is 36.3 Å². The van der Waals surface area contributed by atoms with Gasteiger partial charge in [0.05, 0.1) is 30.4 Å². The Labute approximate surface area is 288 Å². The summed E-state index contributed by atoms with van der Waals surface area (Å²) in [4.78, 5) is 4.92. The van der Waals surface area contributed by atoms with Gasteiger partial charge in [-0.3, -0.25) is 4.57 Å². The first kappa shape index (κ1) is 18.9. The molecule has 222 valence electrons. The molecule has 0 aliphatic carbocycles. The highest BCUT2D eigenvalue weighted by Gasteiger charge is 2.19. The van der Waals surface area contributed by atoms with E-state index in [0.29, 0.717) is 32.7 Å². The molecule has 0 amide bonds. The number of aromatic nitrogens is 2. The zero-order valence-electron chi connectivity index (χ0n) is 35.4. The molecule has 0 atom stereocenters. The van der Waals surface area contributed by atoms with Crippen LogP contribution in [0.25, 0.3) is 82.4 Å². The van der Waals surface area contributed by atoms with Crippen LogP contribution >= 0.6 is 0 Å². The van der Waals surface area contributed by atoms with E-state index in [1.165, 1.54) is 0 Å². The number of fused-ring (bicyclic) bond motifs is 4. The summed E-state index contributed by atoms with van der Waals surface area (Å²) in [7, 11) is 0. The minimum absolute atomic E-state index is 0.00579. The molecule has 0 bridgehead atoms. The molecule has 0 aliphatic rings. The fourth-order valence-corrected chi connectivity index (χ4v) is 6.95. The highest BCUT2D eigenvalue weighted by molar-refractivity contribution is 6.22. The maximum atomic E-state index is 9.09. The second-order valence-electron chi connectivity index (χ2n) is 11.4. The number of aryl methyl sites for hydroxylation is 1. The van der Waals surface area contributed by atoms with Gasteiger partial charge in [0.25, 0.3) is 0 Å². The molecule has 0 spiro atoms. The lowest BCUT2D eigenvalue weighted by atomic mass is 9.84. The smallest absolute Gasteiger partial charge is 0.114 e. The van der Waals surface area contributed by atoms with Gasteiger partial charge in [0.2, 0.25) is 0 Å². The first-order chi connectivity index (χ1) is 27.4. The number of benzene rings is 8. The first-order valence-corrected chi connectivity index (χ1v) is 15.6. The van der Waals surface area contributed by atoms with Gasteiger partial charge in [0.15, 0.2) is 0 Å².